The minimum atomic E-state index is -0.611. The van der Waals surface area contributed by atoms with Crippen LogP contribution in [0.3, 0.4) is 0 Å². The molecule has 1 aliphatic rings. The number of hydrogen-bond donors (Lipinski definition) is 1. The van der Waals surface area contributed by atoms with Gasteiger partial charge in [-0.1, -0.05) is 0 Å². The maximum atomic E-state index is 13.8. The van der Waals surface area contributed by atoms with Gasteiger partial charge in [0, 0.05) is 23.2 Å². The molecule has 2 nitrogen and oxygen atoms in total. The van der Waals surface area contributed by atoms with Gasteiger partial charge in [-0.25, -0.2) is 8.78 Å². The maximum absolute atomic E-state index is 13.8. The summed E-state index contributed by atoms with van der Waals surface area (Å²) in [7, 11) is 1.43. The predicted molar refractivity (Wildman–Crippen MR) is 57.5 cm³/mol. The molecule has 4 heteroatoms. The van der Waals surface area contributed by atoms with E-state index in [4.69, 9.17) is 4.74 Å². The number of rotatable bonds is 2. The van der Waals surface area contributed by atoms with Gasteiger partial charge in [-0.05, 0) is 26.3 Å². The summed E-state index contributed by atoms with van der Waals surface area (Å²) < 4.78 is 32.0. The smallest absolute Gasteiger partial charge is 0.134 e. The van der Waals surface area contributed by atoms with Crippen LogP contribution in [-0.2, 0) is 5.54 Å². The SMILES string of the molecule is COc1cc(F)cc(F)c1C1(C)CCCN1. The molecule has 0 bridgehead atoms. The normalized spacial score (nSPS) is 24.8. The van der Waals surface area contributed by atoms with E-state index in [0.717, 1.165) is 25.5 Å². The van der Waals surface area contributed by atoms with Crippen LogP contribution in [0, 0.1) is 11.6 Å². The molecule has 0 amide bonds. The highest BCUT2D eigenvalue weighted by molar-refractivity contribution is 5.41. The fourth-order valence-electron chi connectivity index (χ4n) is 2.35. The quantitative estimate of drug-likeness (QED) is 0.838. The van der Waals surface area contributed by atoms with Gasteiger partial charge in [-0.2, -0.15) is 0 Å². The second-order valence-electron chi connectivity index (χ2n) is 4.33. The van der Waals surface area contributed by atoms with Crippen molar-refractivity contribution in [3.8, 4) is 5.75 Å². The molecule has 16 heavy (non-hydrogen) atoms. The van der Waals surface area contributed by atoms with Crippen molar-refractivity contribution in [1.29, 1.82) is 0 Å². The first-order valence-electron chi connectivity index (χ1n) is 5.35. The lowest BCUT2D eigenvalue weighted by Crippen LogP contribution is -2.34. The lowest BCUT2D eigenvalue weighted by molar-refractivity contribution is 0.352. The molecule has 1 unspecified atom stereocenters. The Morgan fingerprint density at radius 2 is 2.12 bits per heavy atom. The third-order valence-electron chi connectivity index (χ3n) is 3.16. The van der Waals surface area contributed by atoms with Gasteiger partial charge >= 0.3 is 0 Å². The molecule has 0 aliphatic carbocycles. The average molecular weight is 227 g/mol. The molecule has 1 aromatic carbocycles. The highest BCUT2D eigenvalue weighted by atomic mass is 19.1. The molecule has 1 aromatic rings. The van der Waals surface area contributed by atoms with Gasteiger partial charge in [-0.3, -0.25) is 0 Å². The summed E-state index contributed by atoms with van der Waals surface area (Å²) in [6.45, 7) is 2.76. The Morgan fingerprint density at radius 3 is 2.69 bits per heavy atom. The molecule has 1 N–H and O–H groups in total. The third kappa shape index (κ3) is 1.78. The van der Waals surface area contributed by atoms with Crippen LogP contribution in [0.2, 0.25) is 0 Å². The molecular weight excluding hydrogens is 212 g/mol. The van der Waals surface area contributed by atoms with E-state index >= 15 is 0 Å². The van der Waals surface area contributed by atoms with Crippen LogP contribution in [0.15, 0.2) is 12.1 Å². The monoisotopic (exact) mass is 227 g/mol. The molecule has 1 heterocycles. The maximum Gasteiger partial charge on any atom is 0.134 e. The molecule has 0 spiro atoms. The fraction of sp³-hybridized carbons (Fsp3) is 0.500. The summed E-state index contributed by atoms with van der Waals surface area (Å²) in [5.41, 5.74) is -0.0303. The highest BCUT2D eigenvalue weighted by Crippen LogP contribution is 2.38. The van der Waals surface area contributed by atoms with E-state index in [1.807, 2.05) is 6.92 Å². The number of halogens is 2. The zero-order chi connectivity index (χ0) is 11.8. The van der Waals surface area contributed by atoms with Crippen LogP contribution in [0.5, 0.6) is 5.75 Å². The summed E-state index contributed by atoms with van der Waals surface area (Å²) in [5, 5.41) is 3.24. The lowest BCUT2D eigenvalue weighted by Gasteiger charge is -2.27. The summed E-state index contributed by atoms with van der Waals surface area (Å²) in [6, 6.07) is 2.13. The summed E-state index contributed by atoms with van der Waals surface area (Å²) in [4.78, 5) is 0. The Bertz CT molecular complexity index is 400. The van der Waals surface area contributed by atoms with Gasteiger partial charge in [0.05, 0.1) is 7.11 Å². The van der Waals surface area contributed by atoms with E-state index in [1.54, 1.807) is 0 Å². The second-order valence-corrected chi connectivity index (χ2v) is 4.33. The van der Waals surface area contributed by atoms with Crippen LogP contribution in [-0.4, -0.2) is 13.7 Å². The van der Waals surface area contributed by atoms with Crippen molar-refractivity contribution in [2.75, 3.05) is 13.7 Å². The Morgan fingerprint density at radius 1 is 1.38 bits per heavy atom. The zero-order valence-electron chi connectivity index (χ0n) is 9.44. The van der Waals surface area contributed by atoms with E-state index < -0.39 is 17.2 Å². The van der Waals surface area contributed by atoms with Gasteiger partial charge in [0.2, 0.25) is 0 Å². The van der Waals surface area contributed by atoms with E-state index in [-0.39, 0.29) is 5.75 Å². The van der Waals surface area contributed by atoms with Crippen LogP contribution >= 0.6 is 0 Å². The molecule has 88 valence electrons. The first-order valence-corrected chi connectivity index (χ1v) is 5.35. The number of nitrogens with one attached hydrogen (secondary N) is 1. The topological polar surface area (TPSA) is 21.3 Å². The molecule has 1 aliphatic heterocycles. The number of hydrogen-bond acceptors (Lipinski definition) is 2. The van der Waals surface area contributed by atoms with Crippen molar-refractivity contribution < 1.29 is 13.5 Å². The predicted octanol–water partition coefficient (Wildman–Crippen LogP) is 2.57. The van der Waals surface area contributed by atoms with Crippen LogP contribution in [0.1, 0.15) is 25.3 Å². The standard InChI is InChI=1S/C12H15F2NO/c1-12(4-3-5-15-12)11-9(14)6-8(13)7-10(11)16-2/h6-7,15H,3-5H2,1-2H3. The van der Waals surface area contributed by atoms with Gasteiger partial charge in [0.1, 0.15) is 17.4 Å². The lowest BCUT2D eigenvalue weighted by atomic mass is 9.89. The largest absolute Gasteiger partial charge is 0.496 e. The summed E-state index contributed by atoms with van der Waals surface area (Å²) in [5.74, 6) is -0.886. The molecular formula is C12H15F2NO. The van der Waals surface area contributed by atoms with Crippen LogP contribution in [0.25, 0.3) is 0 Å². The van der Waals surface area contributed by atoms with Crippen molar-refractivity contribution in [2.24, 2.45) is 0 Å². The van der Waals surface area contributed by atoms with Crippen molar-refractivity contribution >= 4 is 0 Å². The Balaban J connectivity index is 2.54. The van der Waals surface area contributed by atoms with Gasteiger partial charge in [-0.15, -0.1) is 0 Å². The molecule has 0 aromatic heterocycles. The van der Waals surface area contributed by atoms with E-state index in [2.05, 4.69) is 5.32 Å². The van der Waals surface area contributed by atoms with Crippen LogP contribution < -0.4 is 10.1 Å². The second kappa shape index (κ2) is 4.01. The molecule has 0 radical (unpaired) electrons. The van der Waals surface area contributed by atoms with E-state index in [1.165, 1.54) is 13.2 Å². The molecule has 0 saturated carbocycles. The Kier molecular flexibility index (Phi) is 2.84. The molecule has 1 fully saturated rings. The molecule has 2 rings (SSSR count). The van der Waals surface area contributed by atoms with Gasteiger partial charge in [0.25, 0.3) is 0 Å². The Labute approximate surface area is 93.6 Å². The average Bonchev–Trinajstić information content (AvgIpc) is 2.64. The Hall–Kier alpha value is -1.16. The van der Waals surface area contributed by atoms with Crippen molar-refractivity contribution in [1.82, 2.24) is 5.32 Å². The zero-order valence-corrected chi connectivity index (χ0v) is 9.44. The summed E-state index contributed by atoms with van der Waals surface area (Å²) in [6.07, 6.45) is 1.81. The van der Waals surface area contributed by atoms with Crippen molar-refractivity contribution in [3.63, 3.8) is 0 Å². The van der Waals surface area contributed by atoms with Crippen LogP contribution in [0.4, 0.5) is 8.78 Å². The highest BCUT2D eigenvalue weighted by Gasteiger charge is 2.35. The van der Waals surface area contributed by atoms with E-state index in [9.17, 15) is 8.78 Å². The summed E-state index contributed by atoms with van der Waals surface area (Å²) >= 11 is 0. The fourth-order valence-corrected chi connectivity index (χ4v) is 2.35. The van der Waals surface area contributed by atoms with Crippen molar-refractivity contribution in [2.45, 2.75) is 25.3 Å². The van der Waals surface area contributed by atoms with Gasteiger partial charge in [0.15, 0.2) is 0 Å². The number of benzene rings is 1. The minimum absolute atomic E-state index is 0.273. The number of ether oxygens (including phenoxy) is 1. The minimum Gasteiger partial charge on any atom is -0.496 e. The van der Waals surface area contributed by atoms with Crippen molar-refractivity contribution in [3.05, 3.63) is 29.3 Å². The molecule has 1 atom stereocenters. The first-order chi connectivity index (χ1) is 7.57. The first kappa shape index (κ1) is 11.3. The van der Waals surface area contributed by atoms with Gasteiger partial charge < -0.3 is 10.1 Å². The third-order valence-corrected chi connectivity index (χ3v) is 3.16. The molecule has 1 saturated heterocycles. The van der Waals surface area contributed by atoms with E-state index in [0.29, 0.717) is 5.56 Å². The number of methoxy groups -OCH3 is 1.